The van der Waals surface area contributed by atoms with Crippen LogP contribution >= 0.6 is 0 Å². The van der Waals surface area contributed by atoms with Gasteiger partial charge in [0.2, 0.25) is 5.88 Å². The number of ether oxygens (including phenoxy) is 1. The van der Waals surface area contributed by atoms with Crippen molar-refractivity contribution in [3.63, 3.8) is 0 Å². The quantitative estimate of drug-likeness (QED) is 0.375. The van der Waals surface area contributed by atoms with Crippen LogP contribution in [0.2, 0.25) is 0 Å². The van der Waals surface area contributed by atoms with E-state index in [0.717, 1.165) is 36.6 Å². The fourth-order valence-corrected chi connectivity index (χ4v) is 6.01. The summed E-state index contributed by atoms with van der Waals surface area (Å²) in [5.74, 6) is 1.51. The number of anilines is 1. The standard InChI is InChI=1S/C28H29N7O3/c1-38-26-5-2-17(10-30-26)12-34-21-9-22(34)15-33(14-21)25-4-3-18(11-29-25)24-8-20(13-35-28(24)31-16-32-35)27(37)19-6-23(36)7-19/h2-5,8,10-11,13,16,19,21-23,36H,6-7,9,12,14-15H2,1H3. The number of carbonyl (C=O) groups is 1. The maximum absolute atomic E-state index is 13.0. The average Bonchev–Trinajstić information content (AvgIpc) is 3.43. The zero-order chi connectivity index (χ0) is 25.8. The van der Waals surface area contributed by atoms with Crippen LogP contribution in [0.15, 0.2) is 55.2 Å². The van der Waals surface area contributed by atoms with Gasteiger partial charge in [-0.25, -0.2) is 19.5 Å². The number of fused-ring (bicyclic) bond motifs is 3. The van der Waals surface area contributed by atoms with Gasteiger partial charge in [-0.1, -0.05) is 6.07 Å². The first-order valence-corrected chi connectivity index (χ1v) is 13.1. The summed E-state index contributed by atoms with van der Waals surface area (Å²) in [7, 11) is 1.63. The van der Waals surface area contributed by atoms with Crippen molar-refractivity contribution in [1.29, 1.82) is 0 Å². The Hall–Kier alpha value is -3.89. The van der Waals surface area contributed by atoms with E-state index in [9.17, 15) is 9.90 Å². The van der Waals surface area contributed by atoms with E-state index in [4.69, 9.17) is 9.72 Å². The molecule has 194 valence electrons. The summed E-state index contributed by atoms with van der Waals surface area (Å²) in [6.45, 7) is 2.78. The lowest BCUT2D eigenvalue weighted by Crippen LogP contribution is -2.68. The Bertz CT molecular complexity index is 1470. The minimum atomic E-state index is -0.373. The van der Waals surface area contributed by atoms with Gasteiger partial charge >= 0.3 is 0 Å². The molecule has 2 unspecified atom stereocenters. The number of rotatable bonds is 7. The SMILES string of the molecule is COc1ccc(CN2C3CC2CN(c2ccc(-c4cc(C(=O)C5CC(O)C5)cn5ncnc45)cn2)C3)cn1. The van der Waals surface area contributed by atoms with Gasteiger partial charge < -0.3 is 14.7 Å². The average molecular weight is 512 g/mol. The number of hydrogen-bond donors (Lipinski definition) is 1. The molecular weight excluding hydrogens is 482 g/mol. The Balaban J connectivity index is 1.07. The second-order valence-electron chi connectivity index (χ2n) is 10.6. The van der Waals surface area contributed by atoms with Crippen molar-refractivity contribution >= 4 is 17.2 Å². The minimum absolute atomic E-state index is 0.0426. The molecule has 8 rings (SSSR count). The molecule has 0 amide bonds. The van der Waals surface area contributed by atoms with E-state index in [1.54, 1.807) is 17.8 Å². The lowest BCUT2D eigenvalue weighted by molar-refractivity contribution is -0.00876. The number of carbonyl (C=O) groups excluding carboxylic acids is 1. The molecule has 0 aromatic carbocycles. The predicted octanol–water partition coefficient (Wildman–Crippen LogP) is 2.61. The number of pyridine rings is 3. The number of aliphatic hydroxyl groups is 1. The Labute approximate surface area is 219 Å². The lowest BCUT2D eigenvalue weighted by atomic mass is 9.77. The zero-order valence-corrected chi connectivity index (χ0v) is 21.1. The number of hydrogen-bond acceptors (Lipinski definition) is 9. The molecule has 10 heteroatoms. The van der Waals surface area contributed by atoms with Crippen molar-refractivity contribution in [2.24, 2.45) is 5.92 Å². The monoisotopic (exact) mass is 511 g/mol. The summed E-state index contributed by atoms with van der Waals surface area (Å²) < 4.78 is 6.82. The first kappa shape index (κ1) is 23.2. The molecule has 2 atom stereocenters. The summed E-state index contributed by atoms with van der Waals surface area (Å²) in [4.78, 5) is 31.5. The number of Topliss-reactive ketones (excluding diaryl/α,β-unsaturated/α-hetero) is 1. The summed E-state index contributed by atoms with van der Waals surface area (Å²) >= 11 is 0. The van der Waals surface area contributed by atoms with Crippen LogP contribution in [0, 0.1) is 5.92 Å². The summed E-state index contributed by atoms with van der Waals surface area (Å²) in [6, 6.07) is 11.0. The predicted molar refractivity (Wildman–Crippen MR) is 140 cm³/mol. The number of piperazine rings is 1. The molecule has 10 nitrogen and oxygen atoms in total. The third-order valence-corrected chi connectivity index (χ3v) is 8.24. The molecule has 0 radical (unpaired) electrons. The molecule has 1 aliphatic carbocycles. The van der Waals surface area contributed by atoms with Gasteiger partial charge in [0.05, 0.1) is 13.2 Å². The van der Waals surface area contributed by atoms with Crippen LogP contribution in [0.1, 0.15) is 35.2 Å². The third kappa shape index (κ3) is 4.00. The summed E-state index contributed by atoms with van der Waals surface area (Å²) in [6.07, 6.45) is 8.86. The van der Waals surface area contributed by atoms with Crippen LogP contribution in [-0.2, 0) is 6.54 Å². The zero-order valence-electron chi connectivity index (χ0n) is 21.1. The van der Waals surface area contributed by atoms with Crippen molar-refractivity contribution in [2.75, 3.05) is 25.1 Å². The second-order valence-corrected chi connectivity index (χ2v) is 10.6. The highest BCUT2D eigenvalue weighted by Gasteiger charge is 2.44. The van der Waals surface area contributed by atoms with E-state index in [0.29, 0.717) is 42.0 Å². The molecule has 4 aliphatic rings. The van der Waals surface area contributed by atoms with Crippen LogP contribution < -0.4 is 9.64 Å². The molecule has 3 aliphatic heterocycles. The Morgan fingerprint density at radius 2 is 1.89 bits per heavy atom. The Morgan fingerprint density at radius 1 is 1.05 bits per heavy atom. The Kier molecular flexibility index (Phi) is 5.59. The molecule has 0 spiro atoms. The summed E-state index contributed by atoms with van der Waals surface area (Å²) in [5, 5.41) is 13.9. The topological polar surface area (TPSA) is 109 Å². The van der Waals surface area contributed by atoms with E-state index in [2.05, 4.69) is 43.1 Å². The molecular formula is C28H29N7O3. The van der Waals surface area contributed by atoms with Gasteiger partial charge in [-0.05, 0) is 43.0 Å². The lowest BCUT2D eigenvalue weighted by Gasteiger charge is -2.56. The molecule has 7 heterocycles. The van der Waals surface area contributed by atoms with Crippen LogP contribution in [0.25, 0.3) is 16.8 Å². The molecule has 1 N–H and O–H groups in total. The number of nitrogens with zero attached hydrogens (tertiary/aromatic N) is 7. The van der Waals surface area contributed by atoms with Crippen molar-refractivity contribution in [2.45, 2.75) is 44.0 Å². The van der Waals surface area contributed by atoms with Gasteiger partial charge in [-0.15, -0.1) is 0 Å². The highest BCUT2D eigenvalue weighted by Crippen LogP contribution is 2.36. The normalized spacial score (nSPS) is 24.6. The maximum atomic E-state index is 13.0. The van der Waals surface area contributed by atoms with Gasteiger partial charge in [-0.3, -0.25) is 9.69 Å². The van der Waals surface area contributed by atoms with Gasteiger partial charge in [0, 0.05) is 79.0 Å². The first-order valence-electron chi connectivity index (χ1n) is 13.1. The van der Waals surface area contributed by atoms with Crippen LogP contribution in [0.4, 0.5) is 5.82 Å². The highest BCUT2D eigenvalue weighted by atomic mass is 16.5. The molecule has 4 aromatic heterocycles. The fourth-order valence-electron chi connectivity index (χ4n) is 6.01. The maximum Gasteiger partial charge on any atom is 0.212 e. The van der Waals surface area contributed by atoms with E-state index < -0.39 is 0 Å². The molecule has 38 heavy (non-hydrogen) atoms. The van der Waals surface area contributed by atoms with Crippen LogP contribution in [0.5, 0.6) is 5.88 Å². The molecule has 4 aromatic rings. The van der Waals surface area contributed by atoms with Crippen molar-refractivity contribution in [3.8, 4) is 17.0 Å². The van der Waals surface area contributed by atoms with E-state index >= 15 is 0 Å². The van der Waals surface area contributed by atoms with Crippen LogP contribution in [0.3, 0.4) is 0 Å². The number of piperidine rings is 1. The van der Waals surface area contributed by atoms with E-state index in [1.807, 2.05) is 24.5 Å². The van der Waals surface area contributed by atoms with Gasteiger partial charge in [-0.2, -0.15) is 5.10 Å². The van der Waals surface area contributed by atoms with Crippen molar-refractivity contribution < 1.29 is 14.6 Å². The Morgan fingerprint density at radius 3 is 2.58 bits per heavy atom. The first-order chi connectivity index (χ1) is 18.6. The van der Waals surface area contributed by atoms with Crippen molar-refractivity contribution in [3.05, 3.63) is 66.4 Å². The third-order valence-electron chi connectivity index (χ3n) is 8.24. The molecule has 2 bridgehead atoms. The smallest absolute Gasteiger partial charge is 0.212 e. The second kappa shape index (κ2) is 9.14. The van der Waals surface area contributed by atoms with Gasteiger partial charge in [0.15, 0.2) is 11.4 Å². The minimum Gasteiger partial charge on any atom is -0.481 e. The number of ketones is 1. The molecule has 1 saturated carbocycles. The van der Waals surface area contributed by atoms with Crippen LogP contribution in [-0.4, -0.2) is 78.7 Å². The van der Waals surface area contributed by atoms with E-state index in [1.165, 1.54) is 18.3 Å². The highest BCUT2D eigenvalue weighted by molar-refractivity contribution is 6.00. The van der Waals surface area contributed by atoms with E-state index in [-0.39, 0.29) is 17.8 Å². The van der Waals surface area contributed by atoms with Crippen molar-refractivity contribution in [1.82, 2.24) is 29.5 Å². The number of methoxy groups -OCH3 is 1. The molecule has 3 saturated heterocycles. The largest absolute Gasteiger partial charge is 0.481 e. The number of aromatic nitrogens is 5. The fraction of sp³-hybridized carbons (Fsp3) is 0.393. The van der Waals surface area contributed by atoms with Gasteiger partial charge in [0.1, 0.15) is 12.1 Å². The van der Waals surface area contributed by atoms with Gasteiger partial charge in [0.25, 0.3) is 0 Å². The molecule has 4 fully saturated rings. The summed E-state index contributed by atoms with van der Waals surface area (Å²) in [5.41, 5.74) is 4.19. The number of aliphatic hydroxyl groups excluding tert-OH is 1.